The van der Waals surface area contributed by atoms with Crippen molar-refractivity contribution in [2.24, 2.45) is 5.92 Å². The molecule has 1 aliphatic heterocycles. The minimum absolute atomic E-state index is 0.206. The number of carbonyl (C=O) groups is 2. The van der Waals surface area contributed by atoms with Crippen molar-refractivity contribution < 1.29 is 19.4 Å². The Hall–Kier alpha value is -2.24. The fourth-order valence-electron chi connectivity index (χ4n) is 2.58. The standard InChI is InChI=1S/C17H24N2O4/c1-2-10-23-15-7-5-13(6-8-15)11-18-17(22)19-9-3-4-14(12-19)16(20)21/h5-8,14H,2-4,9-12H2,1H3,(H,18,22)(H,20,21). The molecule has 2 amide bonds. The highest BCUT2D eigenvalue weighted by Crippen LogP contribution is 2.17. The summed E-state index contributed by atoms with van der Waals surface area (Å²) in [6.45, 7) is 4.06. The molecule has 0 aliphatic carbocycles. The van der Waals surface area contributed by atoms with Gasteiger partial charge in [0.25, 0.3) is 0 Å². The van der Waals surface area contributed by atoms with Gasteiger partial charge in [-0.05, 0) is 37.0 Å². The Morgan fingerprint density at radius 1 is 1.35 bits per heavy atom. The molecule has 6 nitrogen and oxygen atoms in total. The highest BCUT2D eigenvalue weighted by Gasteiger charge is 2.27. The van der Waals surface area contributed by atoms with Crippen LogP contribution < -0.4 is 10.1 Å². The number of urea groups is 1. The van der Waals surface area contributed by atoms with E-state index in [4.69, 9.17) is 9.84 Å². The molecule has 0 bridgehead atoms. The Bertz CT molecular complexity index is 530. The number of likely N-dealkylation sites (tertiary alicyclic amines) is 1. The lowest BCUT2D eigenvalue weighted by Crippen LogP contribution is -2.46. The third kappa shape index (κ3) is 5.16. The molecule has 2 N–H and O–H groups in total. The minimum atomic E-state index is -0.829. The van der Waals surface area contributed by atoms with E-state index in [1.165, 1.54) is 0 Å². The molecule has 1 fully saturated rings. The number of carboxylic acid groups (broad SMARTS) is 1. The predicted molar refractivity (Wildman–Crippen MR) is 86.4 cm³/mol. The van der Waals surface area contributed by atoms with Gasteiger partial charge in [0.2, 0.25) is 0 Å². The number of nitrogens with one attached hydrogen (secondary N) is 1. The van der Waals surface area contributed by atoms with Crippen LogP contribution in [0.5, 0.6) is 5.75 Å². The second-order valence-corrected chi connectivity index (χ2v) is 5.77. The van der Waals surface area contributed by atoms with E-state index in [-0.39, 0.29) is 12.6 Å². The van der Waals surface area contributed by atoms with Gasteiger partial charge in [0, 0.05) is 19.6 Å². The zero-order valence-electron chi connectivity index (χ0n) is 13.5. The smallest absolute Gasteiger partial charge is 0.317 e. The number of aliphatic carboxylic acids is 1. The molecule has 1 aromatic rings. The van der Waals surface area contributed by atoms with Gasteiger partial charge >= 0.3 is 12.0 Å². The summed E-state index contributed by atoms with van der Waals surface area (Å²) in [5, 5.41) is 11.9. The van der Waals surface area contributed by atoms with Crippen LogP contribution in [0.3, 0.4) is 0 Å². The van der Waals surface area contributed by atoms with Crippen molar-refractivity contribution in [3.63, 3.8) is 0 Å². The van der Waals surface area contributed by atoms with Crippen molar-refractivity contribution in [2.45, 2.75) is 32.7 Å². The number of piperidine rings is 1. The van der Waals surface area contributed by atoms with Crippen LogP contribution in [0.1, 0.15) is 31.7 Å². The van der Waals surface area contributed by atoms with E-state index in [1.54, 1.807) is 4.90 Å². The first kappa shape index (κ1) is 17.1. The molecule has 1 atom stereocenters. The van der Waals surface area contributed by atoms with Crippen LogP contribution in [0.25, 0.3) is 0 Å². The summed E-state index contributed by atoms with van der Waals surface area (Å²) in [7, 11) is 0. The second-order valence-electron chi connectivity index (χ2n) is 5.77. The zero-order chi connectivity index (χ0) is 16.7. The van der Waals surface area contributed by atoms with E-state index < -0.39 is 11.9 Å². The average Bonchev–Trinajstić information content (AvgIpc) is 2.58. The van der Waals surface area contributed by atoms with Gasteiger partial charge in [-0.2, -0.15) is 0 Å². The molecule has 2 rings (SSSR count). The Morgan fingerprint density at radius 3 is 2.74 bits per heavy atom. The van der Waals surface area contributed by atoms with E-state index in [1.807, 2.05) is 24.3 Å². The van der Waals surface area contributed by atoms with Crippen molar-refractivity contribution in [3.05, 3.63) is 29.8 Å². The molecule has 0 aromatic heterocycles. The molecular weight excluding hydrogens is 296 g/mol. The predicted octanol–water partition coefficient (Wildman–Crippen LogP) is 2.48. The number of carboxylic acids is 1. The molecule has 1 aliphatic rings. The highest BCUT2D eigenvalue weighted by molar-refractivity contribution is 5.76. The van der Waals surface area contributed by atoms with Crippen LogP contribution in [-0.2, 0) is 11.3 Å². The van der Waals surface area contributed by atoms with Crippen LogP contribution in [0, 0.1) is 5.92 Å². The number of benzene rings is 1. The van der Waals surface area contributed by atoms with E-state index in [2.05, 4.69) is 12.2 Å². The summed E-state index contributed by atoms with van der Waals surface area (Å²) < 4.78 is 5.51. The summed E-state index contributed by atoms with van der Waals surface area (Å²) in [5.41, 5.74) is 0.981. The number of ether oxygens (including phenoxy) is 1. The first-order valence-electron chi connectivity index (χ1n) is 8.07. The number of hydrogen-bond donors (Lipinski definition) is 2. The van der Waals surface area contributed by atoms with E-state index in [9.17, 15) is 9.59 Å². The van der Waals surface area contributed by atoms with Crippen molar-refractivity contribution >= 4 is 12.0 Å². The number of amides is 2. The molecule has 126 valence electrons. The van der Waals surface area contributed by atoms with Gasteiger partial charge in [-0.3, -0.25) is 4.79 Å². The van der Waals surface area contributed by atoms with Crippen molar-refractivity contribution in [1.29, 1.82) is 0 Å². The molecule has 23 heavy (non-hydrogen) atoms. The molecular formula is C17H24N2O4. The lowest BCUT2D eigenvalue weighted by Gasteiger charge is -2.30. The number of hydrogen-bond acceptors (Lipinski definition) is 3. The van der Waals surface area contributed by atoms with Crippen molar-refractivity contribution in [1.82, 2.24) is 10.2 Å². The summed E-state index contributed by atoms with van der Waals surface area (Å²) in [4.78, 5) is 24.8. The molecule has 1 aromatic carbocycles. The van der Waals surface area contributed by atoms with E-state index in [0.29, 0.717) is 26.1 Å². The molecule has 1 saturated heterocycles. The van der Waals surface area contributed by atoms with Gasteiger partial charge in [0.05, 0.1) is 12.5 Å². The maximum atomic E-state index is 12.1. The Balaban J connectivity index is 1.80. The van der Waals surface area contributed by atoms with Crippen LogP contribution in [0.15, 0.2) is 24.3 Å². The van der Waals surface area contributed by atoms with Crippen molar-refractivity contribution in [2.75, 3.05) is 19.7 Å². The summed E-state index contributed by atoms with van der Waals surface area (Å²) in [5.74, 6) is -0.461. The second kappa shape index (κ2) is 8.41. The van der Waals surface area contributed by atoms with Crippen LogP contribution in [0.2, 0.25) is 0 Å². The molecule has 0 saturated carbocycles. The molecule has 1 heterocycles. The topological polar surface area (TPSA) is 78.9 Å². The van der Waals surface area contributed by atoms with Gasteiger partial charge in [0.1, 0.15) is 5.75 Å². The number of carbonyl (C=O) groups excluding carboxylic acids is 1. The summed E-state index contributed by atoms with van der Waals surface area (Å²) >= 11 is 0. The third-order valence-electron chi connectivity index (χ3n) is 3.90. The normalized spacial score (nSPS) is 17.6. The SMILES string of the molecule is CCCOc1ccc(CNC(=O)N2CCCC(C(=O)O)C2)cc1. The highest BCUT2D eigenvalue weighted by atomic mass is 16.5. The number of nitrogens with zero attached hydrogens (tertiary/aromatic N) is 1. The van der Waals surface area contributed by atoms with Gasteiger partial charge in [0.15, 0.2) is 0 Å². The molecule has 1 unspecified atom stereocenters. The van der Waals surface area contributed by atoms with Gasteiger partial charge in [-0.15, -0.1) is 0 Å². The van der Waals surface area contributed by atoms with Crippen LogP contribution >= 0.6 is 0 Å². The van der Waals surface area contributed by atoms with Crippen LogP contribution in [0.4, 0.5) is 4.79 Å². The fourth-order valence-corrected chi connectivity index (χ4v) is 2.58. The quantitative estimate of drug-likeness (QED) is 0.844. The van der Waals surface area contributed by atoms with Gasteiger partial charge in [-0.25, -0.2) is 4.79 Å². The fraction of sp³-hybridized carbons (Fsp3) is 0.529. The van der Waals surface area contributed by atoms with E-state index >= 15 is 0 Å². The first-order valence-corrected chi connectivity index (χ1v) is 8.07. The van der Waals surface area contributed by atoms with Gasteiger partial charge < -0.3 is 20.1 Å². The van der Waals surface area contributed by atoms with Crippen molar-refractivity contribution in [3.8, 4) is 5.75 Å². The molecule has 6 heteroatoms. The Kier molecular flexibility index (Phi) is 6.26. The summed E-state index contributed by atoms with van der Waals surface area (Å²) in [6.07, 6.45) is 2.33. The minimum Gasteiger partial charge on any atom is -0.494 e. The first-order chi connectivity index (χ1) is 11.1. The summed E-state index contributed by atoms with van der Waals surface area (Å²) in [6, 6.07) is 7.40. The van der Waals surface area contributed by atoms with E-state index in [0.717, 1.165) is 24.2 Å². The number of rotatable bonds is 6. The lowest BCUT2D eigenvalue weighted by atomic mass is 9.99. The largest absolute Gasteiger partial charge is 0.494 e. The Labute approximate surface area is 136 Å². The average molecular weight is 320 g/mol. The Morgan fingerprint density at radius 2 is 2.09 bits per heavy atom. The van der Waals surface area contributed by atoms with Crippen LogP contribution in [-0.4, -0.2) is 41.7 Å². The monoisotopic (exact) mass is 320 g/mol. The lowest BCUT2D eigenvalue weighted by molar-refractivity contribution is -0.143. The molecule has 0 radical (unpaired) electrons. The maximum absolute atomic E-state index is 12.1. The van der Waals surface area contributed by atoms with Gasteiger partial charge in [-0.1, -0.05) is 19.1 Å². The zero-order valence-corrected chi connectivity index (χ0v) is 13.5. The molecule has 0 spiro atoms. The maximum Gasteiger partial charge on any atom is 0.317 e. The third-order valence-corrected chi connectivity index (χ3v) is 3.90.